The number of nitrogens with zero attached hydrogens (tertiary/aromatic N) is 2. The number of anilines is 1. The Morgan fingerprint density at radius 3 is 2.59 bits per heavy atom. The quantitative estimate of drug-likeness (QED) is 0.676. The SMILES string of the molecule is Cc1ccc(OC(C)C(=O)Nc2ccccc2)c([N+](=O)[O-])n1. The number of ether oxygens (including phenoxy) is 1. The first kappa shape index (κ1) is 15.4. The number of benzene rings is 1. The van der Waals surface area contributed by atoms with Gasteiger partial charge >= 0.3 is 5.82 Å². The molecule has 1 unspecified atom stereocenters. The number of carbonyl (C=O) groups excluding carboxylic acids is 1. The van der Waals surface area contributed by atoms with Crippen LogP contribution >= 0.6 is 0 Å². The van der Waals surface area contributed by atoms with Crippen molar-refractivity contribution in [3.05, 3.63) is 58.3 Å². The number of hydrogen-bond acceptors (Lipinski definition) is 5. The molecular weight excluding hydrogens is 286 g/mol. The Hall–Kier alpha value is -2.96. The fourth-order valence-corrected chi connectivity index (χ4v) is 1.76. The Labute approximate surface area is 127 Å². The lowest BCUT2D eigenvalue weighted by atomic mass is 10.3. The van der Waals surface area contributed by atoms with E-state index in [-0.39, 0.29) is 5.75 Å². The molecule has 0 radical (unpaired) electrons. The van der Waals surface area contributed by atoms with E-state index in [1.165, 1.54) is 13.0 Å². The van der Waals surface area contributed by atoms with E-state index >= 15 is 0 Å². The van der Waals surface area contributed by atoms with Crippen LogP contribution in [-0.2, 0) is 4.79 Å². The van der Waals surface area contributed by atoms with Gasteiger partial charge < -0.3 is 20.2 Å². The summed E-state index contributed by atoms with van der Waals surface area (Å²) >= 11 is 0. The molecule has 0 spiro atoms. The second kappa shape index (κ2) is 6.66. The second-order valence-electron chi connectivity index (χ2n) is 4.65. The van der Waals surface area contributed by atoms with Gasteiger partial charge in [-0.1, -0.05) is 18.2 Å². The molecule has 0 fully saturated rings. The highest BCUT2D eigenvalue weighted by molar-refractivity contribution is 5.94. The number of amides is 1. The van der Waals surface area contributed by atoms with Crippen molar-refractivity contribution in [3.8, 4) is 5.75 Å². The topological polar surface area (TPSA) is 94.4 Å². The zero-order chi connectivity index (χ0) is 16.1. The largest absolute Gasteiger partial charge is 0.473 e. The molecule has 2 rings (SSSR count). The summed E-state index contributed by atoms with van der Waals surface area (Å²) in [5, 5.41) is 13.6. The van der Waals surface area contributed by atoms with Crippen molar-refractivity contribution in [1.82, 2.24) is 4.98 Å². The Balaban J connectivity index is 2.10. The minimum atomic E-state index is -0.900. The van der Waals surface area contributed by atoms with Crippen LogP contribution in [0.25, 0.3) is 0 Å². The number of pyridine rings is 1. The molecule has 2 aromatic rings. The summed E-state index contributed by atoms with van der Waals surface area (Å²) in [6.45, 7) is 3.16. The molecular formula is C15H15N3O4. The van der Waals surface area contributed by atoms with Gasteiger partial charge in [0.25, 0.3) is 5.91 Å². The highest BCUT2D eigenvalue weighted by Crippen LogP contribution is 2.25. The summed E-state index contributed by atoms with van der Waals surface area (Å²) in [7, 11) is 0. The van der Waals surface area contributed by atoms with Gasteiger partial charge in [-0.05, 0) is 41.1 Å². The van der Waals surface area contributed by atoms with E-state index in [0.29, 0.717) is 11.4 Å². The maximum absolute atomic E-state index is 12.0. The first-order valence-corrected chi connectivity index (χ1v) is 6.62. The van der Waals surface area contributed by atoms with E-state index in [2.05, 4.69) is 10.3 Å². The predicted molar refractivity (Wildman–Crippen MR) is 80.8 cm³/mol. The molecule has 1 atom stereocenters. The number of aromatic nitrogens is 1. The standard InChI is InChI=1S/C15H15N3O4/c1-10-8-9-13(14(16-10)18(20)21)22-11(2)15(19)17-12-6-4-3-5-7-12/h3-9,11H,1-2H3,(H,17,19). The molecule has 0 aliphatic rings. The summed E-state index contributed by atoms with van der Waals surface area (Å²) in [5.74, 6) is -0.841. The number of rotatable bonds is 5. The maximum atomic E-state index is 12.0. The molecule has 7 nitrogen and oxygen atoms in total. The molecule has 114 valence electrons. The molecule has 0 saturated carbocycles. The predicted octanol–water partition coefficient (Wildman–Crippen LogP) is 2.70. The van der Waals surface area contributed by atoms with Crippen molar-refractivity contribution >= 4 is 17.4 Å². The van der Waals surface area contributed by atoms with Crippen molar-refractivity contribution in [2.45, 2.75) is 20.0 Å². The Morgan fingerprint density at radius 1 is 1.27 bits per heavy atom. The number of nitrogens with one attached hydrogen (secondary N) is 1. The van der Waals surface area contributed by atoms with Crippen molar-refractivity contribution in [3.63, 3.8) is 0 Å². The minimum absolute atomic E-state index is 0.0358. The van der Waals surface area contributed by atoms with E-state index in [1.807, 2.05) is 6.07 Å². The average Bonchev–Trinajstić information content (AvgIpc) is 2.49. The molecule has 1 aromatic heterocycles. The summed E-state index contributed by atoms with van der Waals surface area (Å²) < 4.78 is 5.38. The zero-order valence-electron chi connectivity index (χ0n) is 12.1. The van der Waals surface area contributed by atoms with Crippen LogP contribution in [0.4, 0.5) is 11.5 Å². The molecule has 1 N–H and O–H groups in total. The molecule has 1 heterocycles. The van der Waals surface area contributed by atoms with Gasteiger partial charge in [-0.3, -0.25) is 4.79 Å². The first-order valence-electron chi connectivity index (χ1n) is 6.62. The smallest absolute Gasteiger partial charge is 0.406 e. The number of carbonyl (C=O) groups is 1. The number of hydrogen-bond donors (Lipinski definition) is 1. The first-order chi connectivity index (χ1) is 10.5. The van der Waals surface area contributed by atoms with Gasteiger partial charge in [0.1, 0.15) is 5.69 Å². The van der Waals surface area contributed by atoms with Gasteiger partial charge in [0.2, 0.25) is 5.75 Å². The summed E-state index contributed by atoms with van der Waals surface area (Å²) in [5.41, 5.74) is 1.12. The van der Waals surface area contributed by atoms with Crippen LogP contribution in [-0.4, -0.2) is 21.9 Å². The number of para-hydroxylation sites is 1. The summed E-state index contributed by atoms with van der Waals surface area (Å²) in [6.07, 6.45) is -0.900. The fourth-order valence-electron chi connectivity index (χ4n) is 1.76. The third-order valence-electron chi connectivity index (χ3n) is 2.87. The second-order valence-corrected chi connectivity index (χ2v) is 4.65. The van der Waals surface area contributed by atoms with Crippen LogP contribution < -0.4 is 10.1 Å². The Morgan fingerprint density at radius 2 is 1.95 bits per heavy atom. The molecule has 1 aromatic carbocycles. The Bertz CT molecular complexity index is 688. The monoisotopic (exact) mass is 301 g/mol. The maximum Gasteiger partial charge on any atom is 0.406 e. The number of nitro groups is 1. The normalized spacial score (nSPS) is 11.5. The molecule has 7 heteroatoms. The van der Waals surface area contributed by atoms with Gasteiger partial charge in [-0.2, -0.15) is 0 Å². The lowest BCUT2D eigenvalue weighted by Gasteiger charge is -2.14. The van der Waals surface area contributed by atoms with Crippen molar-refractivity contribution < 1.29 is 14.5 Å². The van der Waals surface area contributed by atoms with Crippen LogP contribution in [0.15, 0.2) is 42.5 Å². The molecule has 0 saturated heterocycles. The van der Waals surface area contributed by atoms with E-state index in [0.717, 1.165) is 0 Å². The van der Waals surface area contributed by atoms with E-state index in [9.17, 15) is 14.9 Å². The van der Waals surface area contributed by atoms with Crippen LogP contribution in [0.5, 0.6) is 5.75 Å². The van der Waals surface area contributed by atoms with Crippen molar-refractivity contribution in [2.24, 2.45) is 0 Å². The minimum Gasteiger partial charge on any atom is -0.473 e. The van der Waals surface area contributed by atoms with Crippen LogP contribution in [0.1, 0.15) is 12.6 Å². The summed E-state index contributed by atoms with van der Waals surface area (Å²) in [6, 6.07) is 11.9. The molecule has 22 heavy (non-hydrogen) atoms. The lowest BCUT2D eigenvalue weighted by molar-refractivity contribution is -0.390. The molecule has 0 aliphatic carbocycles. The average molecular weight is 301 g/mol. The van der Waals surface area contributed by atoms with E-state index in [4.69, 9.17) is 4.74 Å². The highest BCUT2D eigenvalue weighted by Gasteiger charge is 2.22. The van der Waals surface area contributed by atoms with Crippen LogP contribution in [0.2, 0.25) is 0 Å². The highest BCUT2D eigenvalue weighted by atomic mass is 16.6. The van der Waals surface area contributed by atoms with Crippen molar-refractivity contribution in [1.29, 1.82) is 0 Å². The zero-order valence-corrected chi connectivity index (χ0v) is 12.1. The van der Waals surface area contributed by atoms with E-state index < -0.39 is 22.8 Å². The van der Waals surface area contributed by atoms with Gasteiger partial charge in [-0.25, -0.2) is 0 Å². The molecule has 0 aliphatic heterocycles. The third kappa shape index (κ3) is 3.78. The van der Waals surface area contributed by atoms with Crippen molar-refractivity contribution in [2.75, 3.05) is 5.32 Å². The van der Waals surface area contributed by atoms with Gasteiger partial charge in [0.15, 0.2) is 6.10 Å². The number of aryl methyl sites for hydroxylation is 1. The van der Waals surface area contributed by atoms with Crippen LogP contribution in [0.3, 0.4) is 0 Å². The van der Waals surface area contributed by atoms with Crippen LogP contribution in [0, 0.1) is 17.0 Å². The van der Waals surface area contributed by atoms with Gasteiger partial charge in [0, 0.05) is 12.6 Å². The third-order valence-corrected chi connectivity index (χ3v) is 2.87. The molecule has 0 bridgehead atoms. The lowest BCUT2D eigenvalue weighted by Crippen LogP contribution is -2.30. The fraction of sp³-hybridized carbons (Fsp3) is 0.200. The Kier molecular flexibility index (Phi) is 4.67. The van der Waals surface area contributed by atoms with Gasteiger partial charge in [0.05, 0.1) is 0 Å². The van der Waals surface area contributed by atoms with E-state index in [1.54, 1.807) is 37.3 Å². The molecule has 1 amide bonds. The summed E-state index contributed by atoms with van der Waals surface area (Å²) in [4.78, 5) is 26.2. The van der Waals surface area contributed by atoms with Gasteiger partial charge in [-0.15, -0.1) is 0 Å².